The van der Waals surface area contributed by atoms with E-state index in [1.807, 2.05) is 38.1 Å². The van der Waals surface area contributed by atoms with E-state index in [-0.39, 0.29) is 36.1 Å². The largest absolute Gasteiger partial charge is 0.493 e. The number of nitro groups is 1. The number of carbonyl (C=O) groups is 1. The lowest BCUT2D eigenvalue weighted by Gasteiger charge is -2.26. The number of aromatic nitrogens is 1. The van der Waals surface area contributed by atoms with Crippen molar-refractivity contribution in [2.75, 3.05) is 13.7 Å². The highest BCUT2D eigenvalue weighted by molar-refractivity contribution is 7.07. The molecular formula is C34H33N3O8S. The predicted molar refractivity (Wildman–Crippen MR) is 173 cm³/mol. The standard InChI is InChI=1S/C34H33N3O8S/c1-6-43-33(39)29-21(4)35-34-36(30(29)25-11-7-8-12-26(25)45-20(2)3)32(38)28(46-34)18-23-10-9-13-27(42-5)31(23)44-19-22-14-16-24(17-15-22)37(40)41/h7-18,20,30H,6,19H2,1-5H3/b28-18-/t30-/m1/s1. The molecule has 5 rings (SSSR count). The highest BCUT2D eigenvalue weighted by Crippen LogP contribution is 2.36. The van der Waals surface area contributed by atoms with Gasteiger partial charge in [0, 0.05) is 23.3 Å². The Morgan fingerprint density at radius 3 is 2.48 bits per heavy atom. The number of para-hydroxylation sites is 2. The van der Waals surface area contributed by atoms with Crippen LogP contribution in [-0.2, 0) is 16.1 Å². The molecule has 0 fully saturated rings. The van der Waals surface area contributed by atoms with Crippen molar-refractivity contribution >= 4 is 29.1 Å². The Labute approximate surface area is 268 Å². The van der Waals surface area contributed by atoms with Gasteiger partial charge in [0.1, 0.15) is 18.4 Å². The molecule has 12 heteroatoms. The van der Waals surface area contributed by atoms with Crippen molar-refractivity contribution in [3.63, 3.8) is 0 Å². The molecule has 0 N–H and O–H groups in total. The maximum atomic E-state index is 14.2. The van der Waals surface area contributed by atoms with Gasteiger partial charge >= 0.3 is 5.97 Å². The number of carbonyl (C=O) groups excluding carboxylic acids is 1. The van der Waals surface area contributed by atoms with Crippen LogP contribution in [0.4, 0.5) is 5.69 Å². The Balaban J connectivity index is 1.63. The number of methoxy groups -OCH3 is 1. The summed E-state index contributed by atoms with van der Waals surface area (Å²) in [4.78, 5) is 43.2. The highest BCUT2D eigenvalue weighted by Gasteiger charge is 2.35. The number of nitro benzene ring substituents is 1. The summed E-state index contributed by atoms with van der Waals surface area (Å²) in [6.07, 6.45) is 1.56. The fraction of sp³-hybridized carbons (Fsp3) is 0.265. The average Bonchev–Trinajstić information content (AvgIpc) is 3.33. The number of allylic oxidation sites excluding steroid dienone is 1. The average molecular weight is 644 g/mol. The molecule has 0 saturated heterocycles. The number of esters is 1. The van der Waals surface area contributed by atoms with E-state index in [9.17, 15) is 19.7 Å². The molecule has 2 heterocycles. The molecule has 0 unspecified atom stereocenters. The second-order valence-corrected chi connectivity index (χ2v) is 11.6. The Bertz CT molecular complexity index is 1990. The molecule has 11 nitrogen and oxygen atoms in total. The normalized spacial score (nSPS) is 14.5. The molecular weight excluding hydrogens is 610 g/mol. The van der Waals surface area contributed by atoms with Gasteiger partial charge in [-0.3, -0.25) is 19.5 Å². The second kappa shape index (κ2) is 13.8. The number of non-ortho nitro benzene ring substituents is 1. The summed E-state index contributed by atoms with van der Waals surface area (Å²) in [5.41, 5.74) is 2.26. The summed E-state index contributed by atoms with van der Waals surface area (Å²) in [6.45, 7) is 7.54. The number of thiazole rings is 1. The van der Waals surface area contributed by atoms with Gasteiger partial charge in [-0.1, -0.05) is 41.7 Å². The fourth-order valence-corrected chi connectivity index (χ4v) is 6.16. The van der Waals surface area contributed by atoms with Gasteiger partial charge in [-0.25, -0.2) is 9.79 Å². The van der Waals surface area contributed by atoms with Crippen molar-refractivity contribution in [1.82, 2.24) is 4.57 Å². The summed E-state index contributed by atoms with van der Waals surface area (Å²) in [5, 5.41) is 11.0. The molecule has 0 bridgehead atoms. The minimum absolute atomic E-state index is 0.0184. The van der Waals surface area contributed by atoms with Gasteiger partial charge in [-0.05, 0) is 63.6 Å². The van der Waals surface area contributed by atoms with Gasteiger partial charge in [0.2, 0.25) is 0 Å². The number of hydrogen-bond donors (Lipinski definition) is 0. The minimum Gasteiger partial charge on any atom is -0.493 e. The van der Waals surface area contributed by atoms with Crippen LogP contribution in [-0.4, -0.2) is 35.3 Å². The minimum atomic E-state index is -0.837. The molecule has 1 atom stereocenters. The first-order valence-corrected chi connectivity index (χ1v) is 15.4. The van der Waals surface area contributed by atoms with E-state index in [0.29, 0.717) is 49.0 Å². The molecule has 1 aliphatic rings. The van der Waals surface area contributed by atoms with E-state index in [2.05, 4.69) is 4.99 Å². The molecule has 1 aromatic heterocycles. The molecule has 0 aliphatic carbocycles. The van der Waals surface area contributed by atoms with Crippen LogP contribution in [0.2, 0.25) is 0 Å². The van der Waals surface area contributed by atoms with E-state index in [0.717, 1.165) is 0 Å². The van der Waals surface area contributed by atoms with Gasteiger partial charge in [-0.2, -0.15) is 0 Å². The zero-order valence-corrected chi connectivity index (χ0v) is 26.8. The zero-order valence-electron chi connectivity index (χ0n) is 26.0. The van der Waals surface area contributed by atoms with Crippen LogP contribution in [0.5, 0.6) is 17.2 Å². The summed E-state index contributed by atoms with van der Waals surface area (Å²) in [7, 11) is 1.52. The van der Waals surface area contributed by atoms with Crippen LogP contribution >= 0.6 is 11.3 Å². The molecule has 46 heavy (non-hydrogen) atoms. The first-order chi connectivity index (χ1) is 22.1. The third-order valence-electron chi connectivity index (χ3n) is 7.14. The fourth-order valence-electron chi connectivity index (χ4n) is 5.13. The molecule has 0 amide bonds. The number of rotatable bonds is 11. The summed E-state index contributed by atoms with van der Waals surface area (Å²) in [5.74, 6) is 0.826. The molecule has 4 aromatic rings. The van der Waals surface area contributed by atoms with Crippen molar-refractivity contribution in [2.24, 2.45) is 4.99 Å². The van der Waals surface area contributed by atoms with Crippen molar-refractivity contribution in [1.29, 1.82) is 0 Å². The Morgan fingerprint density at radius 1 is 1.09 bits per heavy atom. The first kappa shape index (κ1) is 32.2. The topological polar surface area (TPSA) is 131 Å². The monoisotopic (exact) mass is 643 g/mol. The number of nitrogens with zero attached hydrogens (tertiary/aromatic N) is 3. The number of ether oxygens (including phenoxy) is 4. The van der Waals surface area contributed by atoms with E-state index >= 15 is 0 Å². The molecule has 0 spiro atoms. The van der Waals surface area contributed by atoms with Crippen molar-refractivity contribution in [2.45, 2.75) is 46.4 Å². The lowest BCUT2D eigenvalue weighted by atomic mass is 9.95. The van der Waals surface area contributed by atoms with Gasteiger partial charge in [0.25, 0.3) is 11.2 Å². The summed E-state index contributed by atoms with van der Waals surface area (Å²) < 4.78 is 25.1. The Morgan fingerprint density at radius 2 is 1.80 bits per heavy atom. The van der Waals surface area contributed by atoms with Gasteiger partial charge in [-0.15, -0.1) is 0 Å². The molecule has 0 radical (unpaired) electrons. The number of benzene rings is 3. The van der Waals surface area contributed by atoms with Crippen molar-refractivity contribution in [3.8, 4) is 17.2 Å². The lowest BCUT2D eigenvalue weighted by Crippen LogP contribution is -2.40. The SMILES string of the molecule is CCOC(=O)C1=C(C)N=c2s/c(=C\c3cccc(OC)c3OCc3ccc([N+](=O)[O-])cc3)c(=O)n2[C@@H]1c1ccccc1OC(C)C. The summed E-state index contributed by atoms with van der Waals surface area (Å²) >= 11 is 1.19. The van der Waals surface area contributed by atoms with Crippen LogP contribution in [0.25, 0.3) is 6.08 Å². The van der Waals surface area contributed by atoms with Gasteiger partial charge in [0.15, 0.2) is 16.3 Å². The van der Waals surface area contributed by atoms with Gasteiger partial charge < -0.3 is 18.9 Å². The maximum absolute atomic E-state index is 14.2. The Hall–Kier alpha value is -5.23. The van der Waals surface area contributed by atoms with E-state index in [1.165, 1.54) is 35.1 Å². The predicted octanol–water partition coefficient (Wildman–Crippen LogP) is 5.08. The van der Waals surface area contributed by atoms with Crippen LogP contribution in [0.3, 0.4) is 0 Å². The zero-order chi connectivity index (χ0) is 33.0. The molecule has 0 saturated carbocycles. The van der Waals surface area contributed by atoms with E-state index in [4.69, 9.17) is 18.9 Å². The highest BCUT2D eigenvalue weighted by atomic mass is 32.1. The molecule has 3 aromatic carbocycles. The first-order valence-electron chi connectivity index (χ1n) is 14.6. The third-order valence-corrected chi connectivity index (χ3v) is 8.12. The summed E-state index contributed by atoms with van der Waals surface area (Å²) in [6, 6.07) is 17.9. The van der Waals surface area contributed by atoms with Crippen molar-refractivity contribution in [3.05, 3.63) is 124 Å². The number of hydrogen-bond acceptors (Lipinski definition) is 10. The number of fused-ring (bicyclic) bond motifs is 1. The maximum Gasteiger partial charge on any atom is 0.338 e. The van der Waals surface area contributed by atoms with Crippen molar-refractivity contribution < 1.29 is 28.7 Å². The molecule has 238 valence electrons. The second-order valence-electron chi connectivity index (χ2n) is 10.6. The van der Waals surface area contributed by atoms with Gasteiger partial charge in [0.05, 0.1) is 40.5 Å². The smallest absolute Gasteiger partial charge is 0.338 e. The van der Waals surface area contributed by atoms with Crippen LogP contribution in [0, 0.1) is 10.1 Å². The quantitative estimate of drug-likeness (QED) is 0.126. The van der Waals surface area contributed by atoms with E-state index in [1.54, 1.807) is 50.3 Å². The molecule has 1 aliphatic heterocycles. The van der Waals surface area contributed by atoms with E-state index < -0.39 is 16.9 Å². The van der Waals surface area contributed by atoms with Crippen LogP contribution in [0.1, 0.15) is 50.4 Å². The van der Waals surface area contributed by atoms with Crippen LogP contribution < -0.4 is 29.1 Å². The lowest BCUT2D eigenvalue weighted by molar-refractivity contribution is -0.384. The van der Waals surface area contributed by atoms with Crippen LogP contribution in [0.15, 0.2) is 87.8 Å². The third kappa shape index (κ3) is 6.57. The Kier molecular flexibility index (Phi) is 9.67.